The van der Waals surface area contributed by atoms with Gasteiger partial charge in [-0.15, -0.1) is 11.3 Å². The van der Waals surface area contributed by atoms with Crippen LogP contribution < -0.4 is 10.2 Å². The zero-order chi connectivity index (χ0) is 24.1. The molecule has 0 saturated carbocycles. The smallest absolute Gasteiger partial charge is 0.230 e. The van der Waals surface area contributed by atoms with Crippen LogP contribution in [-0.2, 0) is 22.6 Å². The van der Waals surface area contributed by atoms with E-state index < -0.39 is 0 Å². The van der Waals surface area contributed by atoms with Crippen LogP contribution in [0.2, 0.25) is 5.02 Å². The van der Waals surface area contributed by atoms with E-state index in [0.717, 1.165) is 58.9 Å². The number of benzene rings is 1. The van der Waals surface area contributed by atoms with Gasteiger partial charge in [-0.1, -0.05) is 11.6 Å². The lowest BCUT2D eigenvalue weighted by Crippen LogP contribution is -2.41. The van der Waals surface area contributed by atoms with Crippen molar-refractivity contribution in [1.82, 2.24) is 10.2 Å². The topological polar surface area (TPSA) is 85.2 Å². The van der Waals surface area contributed by atoms with Crippen molar-refractivity contribution in [1.29, 1.82) is 0 Å². The molecule has 2 fully saturated rings. The number of hydrogen-bond donors (Lipinski definition) is 2. The van der Waals surface area contributed by atoms with E-state index in [1.165, 1.54) is 27.5 Å². The molecule has 7 nitrogen and oxygen atoms in total. The van der Waals surface area contributed by atoms with Crippen LogP contribution in [0.1, 0.15) is 46.6 Å². The number of aryl methyl sites for hydroxylation is 1. The minimum Gasteiger partial charge on any atom is -0.395 e. The molecule has 9 heteroatoms. The van der Waals surface area contributed by atoms with Crippen LogP contribution in [0.5, 0.6) is 0 Å². The minimum absolute atomic E-state index is 0.115. The Morgan fingerprint density at radius 2 is 2.03 bits per heavy atom. The second-order valence-electron chi connectivity index (χ2n) is 9.46. The van der Waals surface area contributed by atoms with Crippen molar-refractivity contribution in [3.05, 3.63) is 49.8 Å². The molecule has 6 rings (SSSR count). The van der Waals surface area contributed by atoms with Gasteiger partial charge in [0.05, 0.1) is 29.3 Å². The fraction of sp³-hybridized carbons (Fsp3) is 0.423. The molecule has 1 aromatic carbocycles. The van der Waals surface area contributed by atoms with Gasteiger partial charge >= 0.3 is 0 Å². The maximum absolute atomic E-state index is 12.1. The van der Waals surface area contributed by atoms with Gasteiger partial charge in [0, 0.05) is 65.0 Å². The number of carbonyl (C=O) groups excluding carboxylic acids is 2. The number of carbonyl (C=O) groups is 2. The molecule has 0 spiro atoms. The van der Waals surface area contributed by atoms with E-state index in [2.05, 4.69) is 32.9 Å². The Balaban J connectivity index is 1.40. The Labute approximate surface area is 212 Å². The molecule has 2 aromatic rings. The number of imide groups is 1. The number of aliphatic hydroxyl groups excluding tert-OH is 1. The molecule has 2 unspecified atom stereocenters. The van der Waals surface area contributed by atoms with Gasteiger partial charge in [-0.25, -0.2) is 0 Å². The summed E-state index contributed by atoms with van der Waals surface area (Å²) in [6.07, 6.45) is 3.46. The number of aliphatic imine (C=N–C) groups is 1. The summed E-state index contributed by atoms with van der Waals surface area (Å²) < 4.78 is 0. The van der Waals surface area contributed by atoms with E-state index in [4.69, 9.17) is 11.6 Å². The number of anilines is 1. The van der Waals surface area contributed by atoms with Gasteiger partial charge in [0.1, 0.15) is 0 Å². The van der Waals surface area contributed by atoms with Crippen LogP contribution >= 0.6 is 22.9 Å². The third-order valence-electron chi connectivity index (χ3n) is 7.23. The van der Waals surface area contributed by atoms with Crippen molar-refractivity contribution in [2.75, 3.05) is 24.6 Å². The highest BCUT2D eigenvalue weighted by molar-refractivity contribution is 7.13. The average Bonchev–Trinajstić information content (AvgIpc) is 3.58. The van der Waals surface area contributed by atoms with Crippen LogP contribution in [0.4, 0.5) is 11.4 Å². The predicted octanol–water partition coefficient (Wildman–Crippen LogP) is 3.43. The van der Waals surface area contributed by atoms with Gasteiger partial charge in [0.25, 0.3) is 0 Å². The van der Waals surface area contributed by atoms with E-state index in [1.807, 2.05) is 12.1 Å². The van der Waals surface area contributed by atoms with E-state index in [1.54, 1.807) is 0 Å². The molecule has 2 saturated heterocycles. The SMILES string of the molecule is O=C1CCC(=O)N1Cc1cc2c(s1)C(c1cc(Cl)cc3c1N(C1CNC(CO)C1)CCC3)=C=C=N2. The van der Waals surface area contributed by atoms with E-state index in [9.17, 15) is 14.7 Å². The summed E-state index contributed by atoms with van der Waals surface area (Å²) in [5.41, 5.74) is 8.30. The third-order valence-corrected chi connectivity index (χ3v) is 8.58. The molecule has 2 atom stereocenters. The Hall–Kier alpha value is -2.70. The summed E-state index contributed by atoms with van der Waals surface area (Å²) in [5.74, 6) is 2.69. The molecule has 4 aliphatic rings. The van der Waals surface area contributed by atoms with Crippen LogP contribution in [0.25, 0.3) is 5.57 Å². The maximum Gasteiger partial charge on any atom is 0.230 e. The number of thiophene rings is 1. The molecule has 2 amide bonds. The van der Waals surface area contributed by atoms with Crippen LogP contribution in [-0.4, -0.2) is 59.5 Å². The molecule has 0 aliphatic carbocycles. The number of fused-ring (bicyclic) bond motifs is 2. The Bertz CT molecular complexity index is 1320. The molecule has 180 valence electrons. The van der Waals surface area contributed by atoms with Gasteiger partial charge in [-0.3, -0.25) is 14.5 Å². The minimum atomic E-state index is -0.121. The first-order chi connectivity index (χ1) is 17.0. The van der Waals surface area contributed by atoms with Crippen molar-refractivity contribution in [3.63, 3.8) is 0 Å². The Morgan fingerprint density at radius 1 is 1.20 bits per heavy atom. The summed E-state index contributed by atoms with van der Waals surface area (Å²) in [7, 11) is 0. The van der Waals surface area contributed by atoms with E-state index >= 15 is 0 Å². The number of amides is 2. The summed E-state index contributed by atoms with van der Waals surface area (Å²) in [6, 6.07) is 6.40. The normalized spacial score (nSPS) is 23.2. The molecule has 1 aromatic heterocycles. The van der Waals surface area contributed by atoms with Gasteiger partial charge in [-0.2, -0.15) is 4.99 Å². The van der Waals surface area contributed by atoms with Crippen molar-refractivity contribution in [2.24, 2.45) is 4.99 Å². The summed E-state index contributed by atoms with van der Waals surface area (Å²) in [5, 5.41) is 13.8. The molecule has 5 heterocycles. The zero-order valence-corrected chi connectivity index (χ0v) is 20.7. The summed E-state index contributed by atoms with van der Waals surface area (Å²) in [4.78, 5) is 34.3. The first-order valence-corrected chi connectivity index (χ1v) is 13.2. The highest BCUT2D eigenvalue weighted by Gasteiger charge is 2.34. The predicted molar refractivity (Wildman–Crippen MR) is 137 cm³/mol. The monoisotopic (exact) mass is 508 g/mol. The van der Waals surface area contributed by atoms with Crippen LogP contribution in [0.15, 0.2) is 28.9 Å². The fourth-order valence-corrected chi connectivity index (χ4v) is 6.92. The summed E-state index contributed by atoms with van der Waals surface area (Å²) >= 11 is 8.14. The quantitative estimate of drug-likeness (QED) is 0.407. The molecule has 4 aliphatic heterocycles. The van der Waals surface area contributed by atoms with Crippen LogP contribution in [0.3, 0.4) is 0 Å². The number of halogens is 1. The van der Waals surface area contributed by atoms with Crippen molar-refractivity contribution in [3.8, 4) is 0 Å². The molecular weight excluding hydrogens is 484 g/mol. The zero-order valence-electron chi connectivity index (χ0n) is 19.1. The van der Waals surface area contributed by atoms with Crippen molar-refractivity contribution >= 4 is 57.6 Å². The number of hydrogen-bond acceptors (Lipinski definition) is 7. The standard InChI is InChI=1S/C26H25ClN4O3S/c27-16-8-15-2-1-7-30(18-10-17(14-32)29-12-18)25(15)21(9-16)20-5-6-28-22-11-19(35-26(20)22)13-31-23(33)3-4-24(31)34/h8-9,11,17-18,29,32H,1-4,7,10,12-14H2. The second-order valence-corrected chi connectivity index (χ2v) is 11.0. The third kappa shape index (κ3) is 4.07. The maximum atomic E-state index is 12.1. The molecule has 0 bridgehead atoms. The van der Waals surface area contributed by atoms with Crippen LogP contribution in [0, 0.1) is 0 Å². The lowest BCUT2D eigenvalue weighted by Gasteiger charge is -2.38. The lowest BCUT2D eigenvalue weighted by molar-refractivity contribution is -0.138. The first-order valence-electron chi connectivity index (χ1n) is 12.0. The number of likely N-dealkylation sites (tertiary alicyclic amines) is 1. The largest absolute Gasteiger partial charge is 0.395 e. The summed E-state index contributed by atoms with van der Waals surface area (Å²) in [6.45, 7) is 2.18. The van der Waals surface area contributed by atoms with E-state index in [-0.39, 0.29) is 43.8 Å². The van der Waals surface area contributed by atoms with Gasteiger partial charge in [-0.05, 0) is 48.8 Å². The Kier molecular flexibility index (Phi) is 5.89. The molecule has 35 heavy (non-hydrogen) atoms. The van der Waals surface area contributed by atoms with Gasteiger partial charge < -0.3 is 15.3 Å². The molecule has 0 radical (unpaired) electrons. The average molecular weight is 509 g/mol. The number of aliphatic hydroxyl groups is 1. The fourth-order valence-electron chi connectivity index (χ4n) is 5.58. The number of nitrogens with zero attached hydrogens (tertiary/aromatic N) is 3. The van der Waals surface area contributed by atoms with Crippen molar-refractivity contribution in [2.45, 2.75) is 50.7 Å². The van der Waals surface area contributed by atoms with Gasteiger partial charge in [0.2, 0.25) is 11.8 Å². The number of rotatable bonds is 5. The van der Waals surface area contributed by atoms with Crippen molar-refractivity contribution < 1.29 is 14.7 Å². The van der Waals surface area contributed by atoms with E-state index in [0.29, 0.717) is 11.1 Å². The molecule has 2 N–H and O–H groups in total. The molecular formula is C26H25ClN4O3S. The first kappa shape index (κ1) is 22.7. The second kappa shape index (κ2) is 9.07. The highest BCUT2D eigenvalue weighted by Crippen LogP contribution is 2.46. The Morgan fingerprint density at radius 3 is 2.80 bits per heavy atom. The van der Waals surface area contributed by atoms with Gasteiger partial charge in [0.15, 0.2) is 0 Å². The highest BCUT2D eigenvalue weighted by atomic mass is 35.5. The lowest BCUT2D eigenvalue weighted by atomic mass is 9.91. The number of nitrogens with one attached hydrogen (secondary N) is 1.